The number of carbonyl (C=O) groups excluding carboxylic acids is 1. The van der Waals surface area contributed by atoms with E-state index in [1.165, 1.54) is 5.56 Å². The van der Waals surface area contributed by atoms with Crippen LogP contribution in [0.4, 0.5) is 0 Å². The van der Waals surface area contributed by atoms with Gasteiger partial charge in [0.1, 0.15) is 0 Å². The van der Waals surface area contributed by atoms with E-state index in [1.807, 2.05) is 25.1 Å². The zero-order valence-electron chi connectivity index (χ0n) is 11.4. The Bertz CT molecular complexity index is 472. The van der Waals surface area contributed by atoms with E-state index < -0.39 is 0 Å². The minimum atomic E-state index is -0.378. The Morgan fingerprint density at radius 3 is 2.79 bits per heavy atom. The van der Waals surface area contributed by atoms with E-state index in [4.69, 9.17) is 5.73 Å². The number of hydrogen-bond donors (Lipinski definition) is 2. The summed E-state index contributed by atoms with van der Waals surface area (Å²) in [6.07, 6.45) is 0.846. The van der Waals surface area contributed by atoms with Crippen LogP contribution >= 0.6 is 0 Å². The van der Waals surface area contributed by atoms with Crippen molar-refractivity contribution >= 4 is 5.91 Å². The summed E-state index contributed by atoms with van der Waals surface area (Å²) in [5.41, 5.74) is 6.33. The van der Waals surface area contributed by atoms with Gasteiger partial charge in [0, 0.05) is 13.1 Å². The first kappa shape index (κ1) is 13.6. The molecule has 0 aliphatic carbocycles. The van der Waals surface area contributed by atoms with E-state index in [-0.39, 0.29) is 17.1 Å². The number of nitrogens with zero attached hydrogens (tertiary/aromatic N) is 1. The molecule has 0 spiro atoms. The molecule has 1 aliphatic heterocycles. The number of likely N-dealkylation sites (tertiary alicyclic amines) is 1. The summed E-state index contributed by atoms with van der Waals surface area (Å²) in [5, 5.41) is 2.63. The Morgan fingerprint density at radius 1 is 1.47 bits per heavy atom. The number of nitrogens with one attached hydrogen (secondary N) is 1. The predicted molar refractivity (Wildman–Crippen MR) is 75.9 cm³/mol. The van der Waals surface area contributed by atoms with Crippen molar-refractivity contribution in [3.05, 3.63) is 48.3 Å². The van der Waals surface area contributed by atoms with Crippen molar-refractivity contribution in [3.63, 3.8) is 0 Å². The van der Waals surface area contributed by atoms with Crippen molar-refractivity contribution in [1.29, 1.82) is 0 Å². The van der Waals surface area contributed by atoms with Crippen molar-refractivity contribution in [3.8, 4) is 0 Å². The molecule has 0 aromatic heterocycles. The van der Waals surface area contributed by atoms with Crippen LogP contribution in [0.3, 0.4) is 0 Å². The van der Waals surface area contributed by atoms with Gasteiger partial charge in [0.25, 0.3) is 0 Å². The number of benzene rings is 1. The maximum atomic E-state index is 12.1. The van der Waals surface area contributed by atoms with E-state index >= 15 is 0 Å². The highest BCUT2D eigenvalue weighted by atomic mass is 16.2. The number of amides is 1. The lowest BCUT2D eigenvalue weighted by Crippen LogP contribution is -2.41. The van der Waals surface area contributed by atoms with Crippen molar-refractivity contribution in [2.45, 2.75) is 19.9 Å². The van der Waals surface area contributed by atoms with Crippen LogP contribution in [0.1, 0.15) is 18.9 Å². The Labute approximate surface area is 114 Å². The number of hydrogen-bond acceptors (Lipinski definition) is 3. The molecule has 1 unspecified atom stereocenters. The molecular formula is C15H21N3O. The van der Waals surface area contributed by atoms with Gasteiger partial charge >= 0.3 is 0 Å². The molecule has 102 valence electrons. The SMILES string of the molecule is C=C(N)NC(=O)C1(C)CCN(Cc2ccccc2)C1. The molecule has 19 heavy (non-hydrogen) atoms. The molecule has 1 atom stereocenters. The minimum Gasteiger partial charge on any atom is -0.386 e. The van der Waals surface area contributed by atoms with Gasteiger partial charge in [0.05, 0.1) is 11.2 Å². The highest BCUT2D eigenvalue weighted by Gasteiger charge is 2.40. The summed E-state index contributed by atoms with van der Waals surface area (Å²) in [7, 11) is 0. The van der Waals surface area contributed by atoms with Gasteiger partial charge in [-0.25, -0.2) is 0 Å². The Kier molecular flexibility index (Phi) is 3.90. The third kappa shape index (κ3) is 3.35. The second-order valence-corrected chi connectivity index (χ2v) is 5.49. The van der Waals surface area contributed by atoms with Crippen LogP contribution in [0.25, 0.3) is 0 Å². The molecule has 4 nitrogen and oxygen atoms in total. The molecule has 0 radical (unpaired) electrons. The van der Waals surface area contributed by atoms with E-state index in [0.717, 1.165) is 26.1 Å². The van der Waals surface area contributed by atoms with Gasteiger partial charge < -0.3 is 11.1 Å². The molecule has 1 saturated heterocycles. The molecule has 1 aliphatic rings. The van der Waals surface area contributed by atoms with E-state index in [2.05, 4.69) is 28.9 Å². The highest BCUT2D eigenvalue weighted by Crippen LogP contribution is 2.31. The fraction of sp³-hybridized carbons (Fsp3) is 0.400. The normalized spacial score (nSPS) is 23.2. The highest BCUT2D eigenvalue weighted by molar-refractivity contribution is 5.84. The van der Waals surface area contributed by atoms with Crippen molar-refractivity contribution in [1.82, 2.24) is 10.2 Å². The Hall–Kier alpha value is -1.81. The lowest BCUT2D eigenvalue weighted by Gasteiger charge is -2.23. The van der Waals surface area contributed by atoms with Gasteiger partial charge in [-0.05, 0) is 25.5 Å². The van der Waals surface area contributed by atoms with Crippen molar-refractivity contribution < 1.29 is 4.79 Å². The molecule has 1 heterocycles. The summed E-state index contributed by atoms with van der Waals surface area (Å²) in [4.78, 5) is 14.4. The summed E-state index contributed by atoms with van der Waals surface area (Å²) in [6, 6.07) is 10.3. The van der Waals surface area contributed by atoms with E-state index in [0.29, 0.717) is 0 Å². The third-order valence-corrected chi connectivity index (χ3v) is 3.62. The number of rotatable bonds is 4. The molecule has 2 rings (SSSR count). The maximum absolute atomic E-state index is 12.1. The lowest BCUT2D eigenvalue weighted by atomic mass is 9.89. The van der Waals surface area contributed by atoms with Gasteiger partial charge in [-0.3, -0.25) is 9.69 Å². The second kappa shape index (κ2) is 5.45. The number of carbonyl (C=O) groups is 1. The quantitative estimate of drug-likeness (QED) is 0.860. The topological polar surface area (TPSA) is 58.4 Å². The number of nitrogens with two attached hydrogens (primary N) is 1. The fourth-order valence-corrected chi connectivity index (χ4v) is 2.52. The maximum Gasteiger partial charge on any atom is 0.232 e. The van der Waals surface area contributed by atoms with Gasteiger partial charge in [-0.1, -0.05) is 36.9 Å². The van der Waals surface area contributed by atoms with Crippen LogP contribution < -0.4 is 11.1 Å². The zero-order valence-corrected chi connectivity index (χ0v) is 11.4. The largest absolute Gasteiger partial charge is 0.386 e. The summed E-state index contributed by atoms with van der Waals surface area (Å²) < 4.78 is 0. The standard InChI is InChI=1S/C15H21N3O/c1-12(16)17-14(19)15(2)8-9-18(11-15)10-13-6-4-3-5-7-13/h3-7H,1,8-11,16H2,2H3,(H,17,19). The van der Waals surface area contributed by atoms with Gasteiger partial charge in [-0.15, -0.1) is 0 Å². The Morgan fingerprint density at radius 2 is 2.16 bits per heavy atom. The van der Waals surface area contributed by atoms with Crippen LogP contribution in [-0.4, -0.2) is 23.9 Å². The fourth-order valence-electron chi connectivity index (χ4n) is 2.52. The van der Waals surface area contributed by atoms with E-state index in [9.17, 15) is 4.79 Å². The molecular weight excluding hydrogens is 238 g/mol. The predicted octanol–water partition coefficient (Wildman–Crippen LogP) is 1.44. The summed E-state index contributed by atoms with van der Waals surface area (Å²) >= 11 is 0. The minimum absolute atomic E-state index is 0.0319. The molecule has 1 fully saturated rings. The molecule has 0 saturated carbocycles. The average Bonchev–Trinajstić information content (AvgIpc) is 2.73. The van der Waals surface area contributed by atoms with Crippen LogP contribution in [0.15, 0.2) is 42.7 Å². The van der Waals surface area contributed by atoms with Crippen molar-refractivity contribution in [2.24, 2.45) is 11.1 Å². The van der Waals surface area contributed by atoms with Crippen LogP contribution in [0.5, 0.6) is 0 Å². The molecule has 1 amide bonds. The first-order valence-corrected chi connectivity index (χ1v) is 6.52. The zero-order chi connectivity index (χ0) is 13.9. The first-order valence-electron chi connectivity index (χ1n) is 6.52. The van der Waals surface area contributed by atoms with Crippen LogP contribution in [0, 0.1) is 5.41 Å². The van der Waals surface area contributed by atoms with Crippen LogP contribution in [0.2, 0.25) is 0 Å². The molecule has 4 heteroatoms. The molecule has 3 N–H and O–H groups in total. The first-order chi connectivity index (χ1) is 8.99. The monoisotopic (exact) mass is 259 g/mol. The second-order valence-electron chi connectivity index (χ2n) is 5.49. The molecule has 0 bridgehead atoms. The van der Waals surface area contributed by atoms with Gasteiger partial charge in [-0.2, -0.15) is 0 Å². The third-order valence-electron chi connectivity index (χ3n) is 3.62. The smallest absolute Gasteiger partial charge is 0.232 e. The average molecular weight is 259 g/mol. The summed E-state index contributed by atoms with van der Waals surface area (Å²) in [5.74, 6) is 0.184. The molecule has 1 aromatic carbocycles. The lowest BCUT2D eigenvalue weighted by molar-refractivity contribution is -0.128. The van der Waals surface area contributed by atoms with Crippen molar-refractivity contribution in [2.75, 3.05) is 13.1 Å². The van der Waals surface area contributed by atoms with E-state index in [1.54, 1.807) is 0 Å². The molecule has 1 aromatic rings. The van der Waals surface area contributed by atoms with Crippen LogP contribution in [-0.2, 0) is 11.3 Å². The summed E-state index contributed by atoms with van der Waals surface area (Å²) in [6.45, 7) is 8.06. The van der Waals surface area contributed by atoms with Gasteiger partial charge in [0.2, 0.25) is 5.91 Å². The van der Waals surface area contributed by atoms with Gasteiger partial charge in [0.15, 0.2) is 0 Å². The Balaban J connectivity index is 1.95.